The van der Waals surface area contributed by atoms with Gasteiger partial charge in [-0.05, 0) is 43.0 Å². The Morgan fingerprint density at radius 1 is 0.826 bits per heavy atom. The van der Waals surface area contributed by atoms with Crippen molar-refractivity contribution in [1.29, 1.82) is 0 Å². The Hall–Kier alpha value is -2.74. The molecule has 2 nitrogen and oxygen atoms in total. The van der Waals surface area contributed by atoms with Gasteiger partial charge in [0, 0.05) is 5.56 Å². The Morgan fingerprint density at radius 2 is 1.65 bits per heavy atom. The van der Waals surface area contributed by atoms with E-state index in [2.05, 4.69) is 55.5 Å². The molecule has 2 heteroatoms. The zero-order chi connectivity index (χ0) is 15.6. The van der Waals surface area contributed by atoms with Crippen LogP contribution in [0.1, 0.15) is 24.1 Å². The summed E-state index contributed by atoms with van der Waals surface area (Å²) < 4.78 is 0. The maximum Gasteiger partial charge on any atom is 0.0972 e. The molecule has 0 bridgehead atoms. The van der Waals surface area contributed by atoms with Crippen molar-refractivity contribution in [2.75, 3.05) is 0 Å². The van der Waals surface area contributed by atoms with Crippen molar-refractivity contribution in [3.63, 3.8) is 0 Å². The molecular formula is C21H18N2. The highest BCUT2D eigenvalue weighted by atomic mass is 14.8. The van der Waals surface area contributed by atoms with Crippen molar-refractivity contribution < 1.29 is 0 Å². The molecule has 1 aliphatic rings. The maximum absolute atomic E-state index is 4.95. The fourth-order valence-electron chi connectivity index (χ4n) is 2.95. The van der Waals surface area contributed by atoms with Gasteiger partial charge >= 0.3 is 0 Å². The van der Waals surface area contributed by atoms with Crippen molar-refractivity contribution in [1.82, 2.24) is 9.97 Å². The Labute approximate surface area is 136 Å². The minimum absolute atomic E-state index is 0.943. The molecule has 0 atom stereocenters. The van der Waals surface area contributed by atoms with Crippen molar-refractivity contribution >= 4 is 16.6 Å². The first kappa shape index (κ1) is 13.9. The minimum Gasteiger partial charge on any atom is -0.244 e. The molecule has 0 amide bonds. The number of allylic oxidation sites excluding steroid dienone is 4. The zero-order valence-corrected chi connectivity index (χ0v) is 13.2. The molecule has 0 spiro atoms. The standard InChI is InChI=1S/C21H18N2/c1-15-12-13-18-19(14-15)23-21(17-10-6-3-7-11-17)20(22-18)16-8-4-2-5-9-16/h2,4-6,8-14H,3,7H2,1H3. The van der Waals surface area contributed by atoms with Crippen molar-refractivity contribution in [3.05, 3.63) is 78.0 Å². The molecule has 1 aromatic heterocycles. The number of rotatable bonds is 2. The highest BCUT2D eigenvalue weighted by Crippen LogP contribution is 2.30. The lowest BCUT2D eigenvalue weighted by Crippen LogP contribution is -1.99. The second-order valence-corrected chi connectivity index (χ2v) is 5.92. The van der Waals surface area contributed by atoms with Gasteiger partial charge in [0.05, 0.1) is 22.4 Å². The van der Waals surface area contributed by atoms with Crippen LogP contribution in [0, 0.1) is 6.92 Å². The number of fused-ring (bicyclic) bond motifs is 1. The molecular weight excluding hydrogens is 280 g/mol. The van der Waals surface area contributed by atoms with Gasteiger partial charge in [0.15, 0.2) is 0 Å². The average molecular weight is 298 g/mol. The molecule has 0 saturated carbocycles. The van der Waals surface area contributed by atoms with E-state index >= 15 is 0 Å². The van der Waals surface area contributed by atoms with E-state index in [-0.39, 0.29) is 0 Å². The first-order chi connectivity index (χ1) is 11.3. The van der Waals surface area contributed by atoms with Gasteiger partial charge < -0.3 is 0 Å². The lowest BCUT2D eigenvalue weighted by atomic mass is 9.99. The minimum atomic E-state index is 0.943. The summed E-state index contributed by atoms with van der Waals surface area (Å²) in [5.74, 6) is 0. The predicted octanol–water partition coefficient (Wildman–Crippen LogP) is 5.34. The summed E-state index contributed by atoms with van der Waals surface area (Å²) in [6, 6.07) is 16.6. The number of aromatic nitrogens is 2. The van der Waals surface area contributed by atoms with Gasteiger partial charge in [-0.2, -0.15) is 0 Å². The molecule has 0 saturated heterocycles. The number of nitrogens with zero attached hydrogens (tertiary/aromatic N) is 2. The van der Waals surface area contributed by atoms with Crippen LogP contribution in [0.2, 0.25) is 0 Å². The van der Waals surface area contributed by atoms with Gasteiger partial charge in [0.1, 0.15) is 0 Å². The van der Waals surface area contributed by atoms with Crippen molar-refractivity contribution in [3.8, 4) is 11.3 Å². The number of hydrogen-bond donors (Lipinski definition) is 0. The molecule has 3 aromatic rings. The SMILES string of the molecule is Cc1ccc2nc(-c3ccccc3)c(C3=CCCC=C3)nc2c1. The van der Waals surface area contributed by atoms with E-state index in [9.17, 15) is 0 Å². The van der Waals surface area contributed by atoms with Crippen LogP contribution in [0.25, 0.3) is 27.9 Å². The largest absolute Gasteiger partial charge is 0.244 e. The van der Waals surface area contributed by atoms with Crippen LogP contribution in [0.4, 0.5) is 0 Å². The molecule has 1 heterocycles. The van der Waals surface area contributed by atoms with Gasteiger partial charge in [0.2, 0.25) is 0 Å². The lowest BCUT2D eigenvalue weighted by molar-refractivity contribution is 1.04. The number of hydrogen-bond acceptors (Lipinski definition) is 2. The molecule has 4 rings (SSSR count). The molecule has 0 fully saturated rings. The monoisotopic (exact) mass is 298 g/mol. The van der Waals surface area contributed by atoms with E-state index in [0.717, 1.165) is 40.8 Å². The zero-order valence-electron chi connectivity index (χ0n) is 13.2. The Kier molecular flexibility index (Phi) is 3.51. The summed E-state index contributed by atoms with van der Waals surface area (Å²) in [4.78, 5) is 9.88. The third kappa shape index (κ3) is 2.68. The second kappa shape index (κ2) is 5.81. The van der Waals surface area contributed by atoms with E-state index in [1.165, 1.54) is 11.1 Å². The van der Waals surface area contributed by atoms with Gasteiger partial charge in [-0.1, -0.05) is 54.6 Å². The van der Waals surface area contributed by atoms with E-state index in [4.69, 9.17) is 9.97 Å². The lowest BCUT2D eigenvalue weighted by Gasteiger charge is -2.13. The Morgan fingerprint density at radius 3 is 2.43 bits per heavy atom. The van der Waals surface area contributed by atoms with Crippen LogP contribution in [-0.4, -0.2) is 9.97 Å². The summed E-state index contributed by atoms with van der Waals surface area (Å²) >= 11 is 0. The fourth-order valence-corrected chi connectivity index (χ4v) is 2.95. The summed E-state index contributed by atoms with van der Waals surface area (Å²) in [5, 5.41) is 0. The molecule has 0 aliphatic heterocycles. The van der Waals surface area contributed by atoms with Crippen LogP contribution in [-0.2, 0) is 0 Å². The quantitative estimate of drug-likeness (QED) is 0.638. The van der Waals surface area contributed by atoms with Crippen LogP contribution < -0.4 is 0 Å². The molecule has 1 aliphatic carbocycles. The Balaban J connectivity index is 2.00. The van der Waals surface area contributed by atoms with Gasteiger partial charge in [-0.15, -0.1) is 0 Å². The number of benzene rings is 2. The smallest absolute Gasteiger partial charge is 0.0972 e. The summed E-state index contributed by atoms with van der Waals surface area (Å²) in [6.07, 6.45) is 8.81. The molecule has 112 valence electrons. The van der Waals surface area contributed by atoms with Gasteiger partial charge in [0.25, 0.3) is 0 Å². The van der Waals surface area contributed by atoms with E-state index in [1.54, 1.807) is 0 Å². The summed E-state index contributed by atoms with van der Waals surface area (Å²) in [6.45, 7) is 2.09. The van der Waals surface area contributed by atoms with Crippen LogP contribution in [0.3, 0.4) is 0 Å². The molecule has 2 aromatic carbocycles. The summed E-state index contributed by atoms with van der Waals surface area (Å²) in [7, 11) is 0. The fraction of sp³-hybridized carbons (Fsp3) is 0.143. The van der Waals surface area contributed by atoms with Crippen molar-refractivity contribution in [2.45, 2.75) is 19.8 Å². The molecule has 23 heavy (non-hydrogen) atoms. The molecule has 0 N–H and O–H groups in total. The van der Waals surface area contributed by atoms with Crippen LogP contribution in [0.5, 0.6) is 0 Å². The second-order valence-electron chi connectivity index (χ2n) is 5.92. The van der Waals surface area contributed by atoms with E-state index in [0.29, 0.717) is 0 Å². The van der Waals surface area contributed by atoms with E-state index < -0.39 is 0 Å². The topological polar surface area (TPSA) is 25.8 Å². The van der Waals surface area contributed by atoms with Crippen LogP contribution >= 0.6 is 0 Å². The van der Waals surface area contributed by atoms with Crippen molar-refractivity contribution in [2.24, 2.45) is 0 Å². The maximum atomic E-state index is 4.95. The highest BCUT2D eigenvalue weighted by molar-refractivity contribution is 5.87. The van der Waals surface area contributed by atoms with E-state index in [1.807, 2.05) is 18.2 Å². The normalized spacial score (nSPS) is 14.0. The van der Waals surface area contributed by atoms with Crippen LogP contribution in [0.15, 0.2) is 66.8 Å². The Bertz CT molecular complexity index is 921. The molecule has 0 unspecified atom stereocenters. The molecule has 0 radical (unpaired) electrons. The highest BCUT2D eigenvalue weighted by Gasteiger charge is 2.14. The third-order valence-corrected chi connectivity index (χ3v) is 4.14. The first-order valence-electron chi connectivity index (χ1n) is 8.02. The average Bonchev–Trinajstić information content (AvgIpc) is 2.62. The van der Waals surface area contributed by atoms with Gasteiger partial charge in [-0.3, -0.25) is 0 Å². The predicted molar refractivity (Wildman–Crippen MR) is 96.1 cm³/mol. The van der Waals surface area contributed by atoms with Gasteiger partial charge in [-0.25, -0.2) is 9.97 Å². The first-order valence-corrected chi connectivity index (χ1v) is 8.02. The number of aryl methyl sites for hydroxylation is 1. The summed E-state index contributed by atoms with van der Waals surface area (Å²) in [5.41, 5.74) is 7.32. The third-order valence-electron chi connectivity index (χ3n) is 4.14.